The minimum atomic E-state index is -4.49. The minimum absolute atomic E-state index is 0.0595. The van der Waals surface area contributed by atoms with Gasteiger partial charge in [0.25, 0.3) is 5.56 Å². The molecule has 11 heteroatoms. The molecule has 222 valence electrons. The second-order valence-corrected chi connectivity index (χ2v) is 10.6. The Labute approximate surface area is 248 Å². The fourth-order valence-corrected chi connectivity index (χ4v) is 5.86. The Morgan fingerprint density at radius 2 is 1.84 bits per heavy atom. The predicted molar refractivity (Wildman–Crippen MR) is 156 cm³/mol. The highest BCUT2D eigenvalue weighted by Gasteiger charge is 2.33. The molecule has 1 atom stereocenters. The SMILES string of the molecule is CCOC(=O)C1=C(C)N=c2s/c(=C\c3ccc(OC)c(COc4cccc(C(F)(F)F)c4)c3)c(=O)n2[C@@H]1c1ccccc1. The molecule has 0 spiro atoms. The van der Waals surface area contributed by atoms with Crippen molar-refractivity contribution in [3.63, 3.8) is 0 Å². The van der Waals surface area contributed by atoms with E-state index in [1.54, 1.807) is 38.1 Å². The quantitative estimate of drug-likeness (QED) is 0.250. The zero-order valence-electron chi connectivity index (χ0n) is 23.5. The summed E-state index contributed by atoms with van der Waals surface area (Å²) in [7, 11) is 1.48. The number of methoxy groups -OCH3 is 1. The Morgan fingerprint density at radius 1 is 1.07 bits per heavy atom. The molecule has 1 aliphatic rings. The van der Waals surface area contributed by atoms with Crippen LogP contribution >= 0.6 is 11.3 Å². The number of allylic oxidation sites excluding steroid dienone is 1. The van der Waals surface area contributed by atoms with E-state index < -0.39 is 23.8 Å². The molecule has 43 heavy (non-hydrogen) atoms. The van der Waals surface area contributed by atoms with Gasteiger partial charge in [-0.2, -0.15) is 13.2 Å². The largest absolute Gasteiger partial charge is 0.496 e. The second-order valence-electron chi connectivity index (χ2n) is 9.60. The zero-order chi connectivity index (χ0) is 30.7. The van der Waals surface area contributed by atoms with Gasteiger partial charge in [0.05, 0.1) is 41.1 Å². The number of halogens is 3. The Kier molecular flexibility index (Phi) is 8.54. The predicted octanol–water partition coefficient (Wildman–Crippen LogP) is 5.40. The number of aromatic nitrogens is 1. The summed E-state index contributed by atoms with van der Waals surface area (Å²) >= 11 is 1.19. The third-order valence-corrected chi connectivity index (χ3v) is 7.77. The van der Waals surface area contributed by atoms with Crippen molar-refractivity contribution < 1.29 is 32.2 Å². The molecular weight excluding hydrogens is 581 g/mol. The van der Waals surface area contributed by atoms with E-state index in [-0.39, 0.29) is 24.5 Å². The van der Waals surface area contributed by atoms with Gasteiger partial charge in [-0.25, -0.2) is 9.79 Å². The standard InChI is InChI=1S/C32H27F3N2O5S/c1-4-41-30(39)27-19(2)36-31-37(28(27)21-9-6-5-7-10-21)29(38)26(43-31)16-20-13-14-25(40-3)22(15-20)18-42-24-12-8-11-23(17-24)32(33,34)35/h5-17,28H,4,18H2,1-3H3/b26-16-/t28-/m1/s1. The molecule has 2 heterocycles. The van der Waals surface area contributed by atoms with Gasteiger partial charge in [-0.3, -0.25) is 9.36 Å². The van der Waals surface area contributed by atoms with Crippen molar-refractivity contribution in [2.45, 2.75) is 32.7 Å². The van der Waals surface area contributed by atoms with Gasteiger partial charge in [0.1, 0.15) is 18.1 Å². The fourth-order valence-electron chi connectivity index (χ4n) is 4.82. The molecule has 0 amide bonds. The Balaban J connectivity index is 1.53. The average Bonchev–Trinajstić information content (AvgIpc) is 3.29. The van der Waals surface area contributed by atoms with Gasteiger partial charge in [-0.1, -0.05) is 53.8 Å². The molecule has 1 aromatic heterocycles. The summed E-state index contributed by atoms with van der Waals surface area (Å²) in [6.45, 7) is 3.55. The first-order chi connectivity index (χ1) is 20.6. The fraction of sp³-hybridized carbons (Fsp3) is 0.219. The van der Waals surface area contributed by atoms with E-state index in [9.17, 15) is 22.8 Å². The van der Waals surface area contributed by atoms with Crippen LogP contribution in [0.25, 0.3) is 6.08 Å². The number of esters is 1. The van der Waals surface area contributed by atoms with Crippen molar-refractivity contribution in [1.29, 1.82) is 0 Å². The highest BCUT2D eigenvalue weighted by atomic mass is 32.1. The van der Waals surface area contributed by atoms with Crippen LogP contribution in [-0.2, 0) is 22.3 Å². The van der Waals surface area contributed by atoms with Gasteiger partial charge >= 0.3 is 12.1 Å². The summed E-state index contributed by atoms with van der Waals surface area (Å²) in [5.41, 5.74) is 1.59. The lowest BCUT2D eigenvalue weighted by Crippen LogP contribution is -2.39. The van der Waals surface area contributed by atoms with E-state index in [0.29, 0.717) is 37.5 Å². The summed E-state index contributed by atoms with van der Waals surface area (Å²) in [4.78, 5) is 31.9. The molecular formula is C32H27F3N2O5S. The molecule has 0 fully saturated rings. The molecule has 0 saturated heterocycles. The van der Waals surface area contributed by atoms with Crippen molar-refractivity contribution in [2.24, 2.45) is 4.99 Å². The van der Waals surface area contributed by atoms with Crippen LogP contribution in [0.15, 0.2) is 93.9 Å². The first-order valence-corrected chi connectivity index (χ1v) is 14.1. The molecule has 4 aromatic rings. The van der Waals surface area contributed by atoms with Crippen LogP contribution < -0.4 is 24.4 Å². The first-order valence-electron chi connectivity index (χ1n) is 13.3. The van der Waals surface area contributed by atoms with Gasteiger partial charge < -0.3 is 14.2 Å². The summed E-state index contributed by atoms with van der Waals surface area (Å²) in [5.74, 6) is 0.00101. The Morgan fingerprint density at radius 3 is 2.53 bits per heavy atom. The van der Waals surface area contributed by atoms with Crippen LogP contribution in [0.4, 0.5) is 13.2 Å². The van der Waals surface area contributed by atoms with Crippen molar-refractivity contribution in [3.8, 4) is 11.5 Å². The van der Waals surface area contributed by atoms with Gasteiger partial charge in [-0.05, 0) is 61.4 Å². The summed E-state index contributed by atoms with van der Waals surface area (Å²) < 4.78 is 57.7. The monoisotopic (exact) mass is 608 g/mol. The van der Waals surface area contributed by atoms with E-state index in [1.165, 1.54) is 35.1 Å². The number of ether oxygens (including phenoxy) is 3. The lowest BCUT2D eigenvalue weighted by molar-refractivity contribution is -0.139. The zero-order valence-corrected chi connectivity index (χ0v) is 24.3. The van der Waals surface area contributed by atoms with Crippen LogP contribution in [-0.4, -0.2) is 24.3 Å². The van der Waals surface area contributed by atoms with E-state index in [1.807, 2.05) is 30.3 Å². The number of carbonyl (C=O) groups excluding carboxylic acids is 1. The Bertz CT molecular complexity index is 1880. The van der Waals surface area contributed by atoms with Crippen LogP contribution in [0.5, 0.6) is 11.5 Å². The number of carbonyl (C=O) groups is 1. The molecule has 0 N–H and O–H groups in total. The highest BCUT2D eigenvalue weighted by Crippen LogP contribution is 2.32. The van der Waals surface area contributed by atoms with Gasteiger partial charge in [0.15, 0.2) is 4.80 Å². The number of alkyl halides is 3. The maximum Gasteiger partial charge on any atom is 0.416 e. The van der Waals surface area contributed by atoms with Crippen molar-refractivity contribution in [2.75, 3.05) is 13.7 Å². The lowest BCUT2D eigenvalue weighted by Gasteiger charge is -2.24. The summed E-state index contributed by atoms with van der Waals surface area (Å²) in [6, 6.07) is 18.3. The van der Waals surface area contributed by atoms with Crippen LogP contribution in [0.2, 0.25) is 0 Å². The molecule has 0 saturated carbocycles. The van der Waals surface area contributed by atoms with E-state index >= 15 is 0 Å². The summed E-state index contributed by atoms with van der Waals surface area (Å²) in [5, 5.41) is 0. The second kappa shape index (κ2) is 12.3. The number of hydrogen-bond acceptors (Lipinski definition) is 7. The molecule has 7 nitrogen and oxygen atoms in total. The molecule has 0 unspecified atom stereocenters. The minimum Gasteiger partial charge on any atom is -0.496 e. The van der Waals surface area contributed by atoms with E-state index in [0.717, 1.165) is 17.7 Å². The van der Waals surface area contributed by atoms with E-state index in [4.69, 9.17) is 14.2 Å². The smallest absolute Gasteiger partial charge is 0.416 e. The third kappa shape index (κ3) is 6.26. The molecule has 3 aromatic carbocycles. The van der Waals surface area contributed by atoms with Gasteiger partial charge in [0.2, 0.25) is 0 Å². The maximum absolute atomic E-state index is 13.8. The van der Waals surface area contributed by atoms with Crippen molar-refractivity contribution in [3.05, 3.63) is 126 Å². The molecule has 0 bridgehead atoms. The van der Waals surface area contributed by atoms with Crippen LogP contribution in [0.3, 0.4) is 0 Å². The van der Waals surface area contributed by atoms with Crippen molar-refractivity contribution >= 4 is 23.4 Å². The lowest BCUT2D eigenvalue weighted by atomic mass is 9.96. The highest BCUT2D eigenvalue weighted by molar-refractivity contribution is 7.07. The van der Waals surface area contributed by atoms with E-state index in [2.05, 4.69) is 4.99 Å². The van der Waals surface area contributed by atoms with Gasteiger partial charge in [-0.15, -0.1) is 0 Å². The molecule has 5 rings (SSSR count). The maximum atomic E-state index is 13.8. The van der Waals surface area contributed by atoms with Crippen LogP contribution in [0, 0.1) is 0 Å². The van der Waals surface area contributed by atoms with Crippen molar-refractivity contribution in [1.82, 2.24) is 4.57 Å². The number of nitrogens with zero attached hydrogens (tertiary/aromatic N) is 2. The third-order valence-electron chi connectivity index (χ3n) is 6.79. The molecule has 0 aliphatic carbocycles. The van der Waals surface area contributed by atoms with Gasteiger partial charge in [0, 0.05) is 5.56 Å². The topological polar surface area (TPSA) is 79.1 Å². The normalized spacial score (nSPS) is 15.1. The van der Waals surface area contributed by atoms with Crippen LogP contribution in [0.1, 0.15) is 42.1 Å². The first kappa shape index (κ1) is 29.8. The Hall–Kier alpha value is -4.64. The number of fused-ring (bicyclic) bond motifs is 1. The molecule has 1 aliphatic heterocycles. The summed E-state index contributed by atoms with van der Waals surface area (Å²) in [6.07, 6.45) is -2.79. The molecule has 0 radical (unpaired) electrons. The number of benzene rings is 3. The number of thiazole rings is 1. The average molecular weight is 609 g/mol. The number of hydrogen-bond donors (Lipinski definition) is 0. The number of rotatable bonds is 8.